The van der Waals surface area contributed by atoms with E-state index >= 15 is 0 Å². The third kappa shape index (κ3) is 8.09. The van der Waals surface area contributed by atoms with Crippen LogP contribution in [0.3, 0.4) is 0 Å². The van der Waals surface area contributed by atoms with Crippen molar-refractivity contribution in [1.29, 1.82) is 0 Å². The topological polar surface area (TPSA) is 38.7 Å². The van der Waals surface area contributed by atoms with Gasteiger partial charge in [-0.25, -0.2) is 6.07 Å². The second-order valence-electron chi connectivity index (χ2n) is 7.43. The maximum absolute atomic E-state index is 4.36. The molecule has 6 aromatic rings. The quantitative estimate of drug-likeness (QED) is 0.154. The second-order valence-corrected chi connectivity index (χ2v) is 7.43. The zero-order chi connectivity index (χ0) is 23.0. The molecule has 2 aromatic heterocycles. The maximum atomic E-state index is 4.36. The zero-order valence-electron chi connectivity index (χ0n) is 19.8. The average molecular weight is 725 g/mol. The zero-order valence-corrected chi connectivity index (χ0v) is 25.0. The smallest absolute Gasteiger partial charge is 0.0748 e. The summed E-state index contributed by atoms with van der Waals surface area (Å²) in [5, 5.41) is 2.40. The van der Waals surface area contributed by atoms with Crippen LogP contribution in [0, 0.1) is 24.3 Å². The van der Waals surface area contributed by atoms with E-state index in [4.69, 9.17) is 0 Å². The van der Waals surface area contributed by atoms with Crippen LogP contribution < -0.4 is 0 Å². The van der Waals surface area contributed by atoms with Crippen molar-refractivity contribution in [2.45, 2.75) is 0 Å². The fourth-order valence-electron chi connectivity index (χ4n) is 3.48. The van der Waals surface area contributed by atoms with Crippen LogP contribution in [0.1, 0.15) is 0 Å². The van der Waals surface area contributed by atoms with Crippen LogP contribution in [0.2, 0.25) is 0 Å². The number of nitrogens with zero attached hydrogens (tertiary/aromatic N) is 3. The van der Waals surface area contributed by atoms with E-state index in [0.29, 0.717) is 0 Å². The van der Waals surface area contributed by atoms with Crippen molar-refractivity contribution in [2.75, 3.05) is 0 Å². The first-order valence-corrected chi connectivity index (χ1v) is 10.9. The summed E-state index contributed by atoms with van der Waals surface area (Å²) in [4.78, 5) is 12.6. The van der Waals surface area contributed by atoms with Gasteiger partial charge in [0.1, 0.15) is 0 Å². The molecule has 0 N–H and O–H groups in total. The fraction of sp³-hybridized carbons (Fsp3) is 0. The van der Waals surface area contributed by atoms with Crippen LogP contribution in [-0.4, -0.2) is 23.4 Å². The predicted molar refractivity (Wildman–Crippen MR) is 141 cm³/mol. The summed E-state index contributed by atoms with van der Waals surface area (Å²) in [5.41, 5.74) is 4.72. The standard InChI is InChI=1S/C21H12N.C10H7N2.B.Ir.Y/c1-2-7-17-14-19(12-11-16(17)6-1)18-8-5-9-20(15-18)21-10-3-4-13-22-21;1-2-5-9(6-3-1)10-11-7-4-8-12-10;;;/h1-8,10-11,13-14H;1-5,7-8H;;;/q-3;-1;;;. The molecule has 0 bridgehead atoms. The Morgan fingerprint density at radius 1 is 0.568 bits per heavy atom. The third-order valence-electron chi connectivity index (χ3n) is 5.14. The van der Waals surface area contributed by atoms with Crippen molar-refractivity contribution >= 4 is 19.2 Å². The summed E-state index contributed by atoms with van der Waals surface area (Å²) >= 11 is 0. The minimum absolute atomic E-state index is 0. The van der Waals surface area contributed by atoms with Gasteiger partial charge >= 0.3 is 0 Å². The SMILES string of the molecule is [B].[Ir].[Y].[c-]1ccc(-c2[c-]cc3ccccc3c2)[c-]c1-c1ccccn1.[c-]1ccccc1-c1ncccn1. The summed E-state index contributed by atoms with van der Waals surface area (Å²) < 4.78 is 0. The van der Waals surface area contributed by atoms with Gasteiger partial charge in [-0.15, -0.1) is 65.5 Å². The van der Waals surface area contributed by atoms with Gasteiger partial charge in [0.2, 0.25) is 0 Å². The molecule has 0 aliphatic heterocycles. The maximum Gasteiger partial charge on any atom is 0.0748 e. The van der Waals surface area contributed by atoms with Gasteiger partial charge in [0.05, 0.1) is 5.82 Å². The molecule has 0 fully saturated rings. The van der Waals surface area contributed by atoms with E-state index in [1.54, 1.807) is 24.7 Å². The fourth-order valence-corrected chi connectivity index (χ4v) is 3.48. The van der Waals surface area contributed by atoms with Gasteiger partial charge in [-0.3, -0.25) is 33.2 Å². The summed E-state index contributed by atoms with van der Waals surface area (Å²) in [7, 11) is 0. The number of hydrogen-bond acceptors (Lipinski definition) is 3. The largest absolute Gasteiger partial charge is 0.352 e. The Kier molecular flexibility index (Phi) is 12.7. The minimum atomic E-state index is 0. The first-order chi connectivity index (χ1) is 16.9. The van der Waals surface area contributed by atoms with Crippen molar-refractivity contribution in [1.82, 2.24) is 15.0 Å². The van der Waals surface area contributed by atoms with Gasteiger partial charge in [-0.05, 0) is 12.1 Å². The van der Waals surface area contributed by atoms with Gasteiger partial charge in [-0.2, -0.15) is 5.56 Å². The van der Waals surface area contributed by atoms with Crippen molar-refractivity contribution in [3.05, 3.63) is 140 Å². The van der Waals surface area contributed by atoms with E-state index in [0.717, 1.165) is 33.8 Å². The second kappa shape index (κ2) is 15.4. The molecule has 0 spiro atoms. The molecule has 3 nitrogen and oxygen atoms in total. The van der Waals surface area contributed by atoms with Crippen LogP contribution in [0.5, 0.6) is 0 Å². The van der Waals surface area contributed by atoms with Crippen LogP contribution in [0.15, 0.2) is 116 Å². The summed E-state index contributed by atoms with van der Waals surface area (Å²) in [6, 6.07) is 44.7. The molecule has 5 radical (unpaired) electrons. The van der Waals surface area contributed by atoms with Crippen molar-refractivity contribution in [2.24, 2.45) is 0 Å². The molecular weight excluding hydrogens is 706 g/mol. The van der Waals surface area contributed by atoms with Gasteiger partial charge < -0.3 is 11.1 Å². The predicted octanol–water partition coefficient (Wildman–Crippen LogP) is 6.53. The minimum Gasteiger partial charge on any atom is -0.352 e. The Morgan fingerprint density at radius 2 is 1.30 bits per heavy atom. The van der Waals surface area contributed by atoms with E-state index in [9.17, 15) is 0 Å². The summed E-state index contributed by atoms with van der Waals surface area (Å²) in [5.74, 6) is 0.720. The van der Waals surface area contributed by atoms with E-state index in [-0.39, 0.29) is 61.2 Å². The monoisotopic (exact) mass is 726 g/mol. The molecule has 6 heteroatoms. The molecule has 0 amide bonds. The molecular formula is C31H19BIrN3Y-4. The molecule has 0 saturated carbocycles. The molecule has 0 aliphatic carbocycles. The Bertz CT molecular complexity index is 1460. The van der Waals surface area contributed by atoms with Gasteiger partial charge in [-0.1, -0.05) is 41.4 Å². The summed E-state index contributed by atoms with van der Waals surface area (Å²) in [6.45, 7) is 0. The molecule has 0 unspecified atom stereocenters. The molecule has 0 saturated heterocycles. The summed E-state index contributed by atoms with van der Waals surface area (Å²) in [6.07, 6.45) is 5.23. The van der Waals surface area contributed by atoms with Gasteiger partial charge in [0.25, 0.3) is 0 Å². The molecule has 6 rings (SSSR count). The van der Waals surface area contributed by atoms with Gasteiger partial charge in [0.15, 0.2) is 0 Å². The van der Waals surface area contributed by atoms with Crippen molar-refractivity contribution in [3.63, 3.8) is 0 Å². The Labute approximate surface area is 258 Å². The third-order valence-corrected chi connectivity index (χ3v) is 5.14. The Morgan fingerprint density at radius 3 is 2.03 bits per heavy atom. The molecule has 2 heterocycles. The molecule has 0 atom stereocenters. The normalized spacial score (nSPS) is 9.51. The van der Waals surface area contributed by atoms with E-state index in [1.165, 1.54) is 10.8 Å². The number of pyridine rings is 1. The Hall–Kier alpha value is -2.81. The van der Waals surface area contributed by atoms with Crippen LogP contribution in [0.4, 0.5) is 0 Å². The molecule has 37 heavy (non-hydrogen) atoms. The van der Waals surface area contributed by atoms with Crippen LogP contribution >= 0.6 is 0 Å². The average Bonchev–Trinajstić information content (AvgIpc) is 2.95. The molecule has 4 aromatic carbocycles. The van der Waals surface area contributed by atoms with Crippen molar-refractivity contribution < 1.29 is 52.8 Å². The van der Waals surface area contributed by atoms with E-state index < -0.39 is 0 Å². The number of hydrogen-bond donors (Lipinski definition) is 0. The van der Waals surface area contributed by atoms with Crippen molar-refractivity contribution in [3.8, 4) is 33.8 Å². The van der Waals surface area contributed by atoms with Crippen LogP contribution in [0.25, 0.3) is 44.5 Å². The molecule has 177 valence electrons. The van der Waals surface area contributed by atoms with E-state index in [2.05, 4.69) is 57.4 Å². The Balaban J connectivity index is 0.000000277. The first kappa shape index (κ1) is 30.4. The number of fused-ring (bicyclic) bond motifs is 1. The van der Waals surface area contributed by atoms with Crippen LogP contribution in [-0.2, 0) is 52.8 Å². The number of benzene rings is 4. The first-order valence-electron chi connectivity index (χ1n) is 10.9. The van der Waals surface area contributed by atoms with Gasteiger partial charge in [0, 0.05) is 79.8 Å². The molecule has 0 aliphatic rings. The number of rotatable bonds is 3. The number of aromatic nitrogens is 3. The van der Waals surface area contributed by atoms with E-state index in [1.807, 2.05) is 72.8 Å².